The number of aryl methyl sites for hydroxylation is 1. The van der Waals surface area contributed by atoms with Gasteiger partial charge in [-0.15, -0.1) is 0 Å². The Bertz CT molecular complexity index is 1210. The maximum atomic E-state index is 10.4. The van der Waals surface area contributed by atoms with Gasteiger partial charge in [-0.2, -0.15) is 0 Å². The van der Waals surface area contributed by atoms with E-state index in [-0.39, 0.29) is 4.90 Å². The first-order valence-electron chi connectivity index (χ1n) is 11.9. The molecule has 0 saturated carbocycles. The van der Waals surface area contributed by atoms with E-state index in [1.165, 1.54) is 49.9 Å². The summed E-state index contributed by atoms with van der Waals surface area (Å²) < 4.78 is 31.2. The summed E-state index contributed by atoms with van der Waals surface area (Å²) in [5.74, 6) is 1.75. The van der Waals surface area contributed by atoms with E-state index in [2.05, 4.69) is 54.6 Å². The molecule has 6 rings (SSSR count). The molecule has 1 N–H and O–H groups in total. The minimum absolute atomic E-state index is 0.178. The molecular weight excluding hydrogens is 430 g/mol. The average molecular weight is 462 g/mol. The summed E-state index contributed by atoms with van der Waals surface area (Å²) in [6.45, 7) is 3.05. The molecule has 0 amide bonds. The summed E-state index contributed by atoms with van der Waals surface area (Å²) in [7, 11) is -4.27. The van der Waals surface area contributed by atoms with E-state index >= 15 is 0 Å². The third kappa shape index (κ3) is 4.63. The molecule has 0 radical (unpaired) electrons. The normalized spacial score (nSPS) is 27.3. The first kappa shape index (κ1) is 22.3. The third-order valence-electron chi connectivity index (χ3n) is 7.87. The van der Waals surface area contributed by atoms with E-state index in [1.807, 2.05) is 11.8 Å². The minimum atomic E-state index is -4.27. The zero-order chi connectivity index (χ0) is 23.0. The fourth-order valence-electron chi connectivity index (χ4n) is 6.36. The molecule has 4 nitrogen and oxygen atoms in total. The van der Waals surface area contributed by atoms with Gasteiger partial charge in [0.05, 0.1) is 17.0 Å². The second-order valence-electron chi connectivity index (χ2n) is 9.79. The molecule has 2 heterocycles. The van der Waals surface area contributed by atoms with Gasteiger partial charge in [0.25, 0.3) is 0 Å². The van der Waals surface area contributed by atoms with Gasteiger partial charge < -0.3 is 9.45 Å². The molecular formula is C28H31NO3S. The number of hydrogen-bond donors (Lipinski definition) is 1. The summed E-state index contributed by atoms with van der Waals surface area (Å²) in [6, 6.07) is 27.9. The number of benzene rings is 3. The van der Waals surface area contributed by atoms with Crippen LogP contribution in [0.4, 0.5) is 0 Å². The molecule has 2 fully saturated rings. The van der Waals surface area contributed by atoms with Crippen LogP contribution < -0.4 is 4.90 Å². The second-order valence-corrected chi connectivity index (χ2v) is 11.2. The number of nitrogens with one attached hydrogen (secondary N) is 1. The molecule has 5 heteroatoms. The number of fused-ring (bicyclic) bond motifs is 6. The van der Waals surface area contributed by atoms with Crippen molar-refractivity contribution in [1.82, 2.24) is 0 Å². The first-order valence-corrected chi connectivity index (χ1v) is 13.3. The maximum Gasteiger partial charge on any atom is 0.124 e. The lowest BCUT2D eigenvalue weighted by molar-refractivity contribution is -0.958. The van der Waals surface area contributed by atoms with Crippen LogP contribution in [0.3, 0.4) is 0 Å². The molecule has 3 aliphatic rings. The molecule has 3 aromatic carbocycles. The Labute approximate surface area is 197 Å². The number of quaternary nitrogens is 1. The van der Waals surface area contributed by atoms with Gasteiger partial charge in [0.2, 0.25) is 0 Å². The standard InChI is InChI=1S/C21H23N.C7H8O3S/c1-2-6-15(7-3-1)14-22-17-10-11-21(22)20-12-16-8-4-5-9-18(16)19(20)13-17;1-6-2-4-7(5-3-6)11(8,9)10/h1-9,17,19-21H,10-14H2;2-5H,1H3,(H,8,9,10). The van der Waals surface area contributed by atoms with Crippen molar-refractivity contribution in [2.75, 3.05) is 0 Å². The molecule has 0 aromatic heterocycles. The first-order chi connectivity index (χ1) is 15.9. The van der Waals surface area contributed by atoms with E-state index in [9.17, 15) is 13.0 Å². The van der Waals surface area contributed by atoms with Gasteiger partial charge in [0, 0.05) is 30.7 Å². The van der Waals surface area contributed by atoms with Crippen LogP contribution in [-0.4, -0.2) is 25.1 Å². The minimum Gasteiger partial charge on any atom is -0.744 e. The molecule has 5 atom stereocenters. The quantitative estimate of drug-likeness (QED) is 0.603. The lowest BCUT2D eigenvalue weighted by Gasteiger charge is -2.39. The summed E-state index contributed by atoms with van der Waals surface area (Å²) in [5, 5.41) is 0. The van der Waals surface area contributed by atoms with E-state index < -0.39 is 10.1 Å². The number of hydrogen-bond acceptors (Lipinski definition) is 3. The van der Waals surface area contributed by atoms with Crippen molar-refractivity contribution < 1.29 is 17.9 Å². The molecule has 33 heavy (non-hydrogen) atoms. The van der Waals surface area contributed by atoms with Crippen molar-refractivity contribution >= 4 is 10.1 Å². The van der Waals surface area contributed by atoms with E-state index in [0.717, 1.165) is 29.5 Å². The highest BCUT2D eigenvalue weighted by Crippen LogP contribution is 2.47. The van der Waals surface area contributed by atoms with Gasteiger partial charge in [-0.3, -0.25) is 0 Å². The monoisotopic (exact) mass is 461 g/mol. The molecule has 2 bridgehead atoms. The van der Waals surface area contributed by atoms with E-state index in [1.54, 1.807) is 23.3 Å². The Morgan fingerprint density at radius 3 is 2.33 bits per heavy atom. The van der Waals surface area contributed by atoms with Crippen LogP contribution in [0.5, 0.6) is 0 Å². The predicted octanol–water partition coefficient (Wildman–Crippen LogP) is 3.86. The fourth-order valence-corrected chi connectivity index (χ4v) is 6.83. The molecule has 2 saturated heterocycles. The van der Waals surface area contributed by atoms with Crippen molar-refractivity contribution in [2.45, 2.75) is 62.0 Å². The third-order valence-corrected chi connectivity index (χ3v) is 8.72. The Morgan fingerprint density at radius 2 is 1.61 bits per heavy atom. The van der Waals surface area contributed by atoms with Gasteiger partial charge in [-0.05, 0) is 42.5 Å². The molecule has 3 aromatic rings. The van der Waals surface area contributed by atoms with Crippen LogP contribution in [0.15, 0.2) is 83.8 Å². The van der Waals surface area contributed by atoms with Crippen molar-refractivity contribution in [3.05, 3.63) is 101 Å². The highest BCUT2D eigenvalue weighted by Gasteiger charge is 2.53. The summed E-state index contributed by atoms with van der Waals surface area (Å²) >= 11 is 0. The molecule has 5 unspecified atom stereocenters. The smallest absolute Gasteiger partial charge is 0.124 e. The SMILES string of the molecule is Cc1ccc(S(=O)(=O)[O-])cc1.c1ccc(C[NH+]2C3CCC2C2Cc4ccccc4C2C3)cc1. The van der Waals surface area contributed by atoms with Gasteiger partial charge in [0.1, 0.15) is 16.7 Å². The van der Waals surface area contributed by atoms with Gasteiger partial charge in [0.15, 0.2) is 0 Å². The zero-order valence-electron chi connectivity index (χ0n) is 19.0. The molecule has 1 aliphatic carbocycles. The highest BCUT2D eigenvalue weighted by atomic mass is 32.2. The average Bonchev–Trinajstić information content (AvgIpc) is 3.31. The van der Waals surface area contributed by atoms with Crippen LogP contribution in [0.1, 0.15) is 47.4 Å². The Hall–Kier alpha value is -2.47. The Kier molecular flexibility index (Phi) is 6.12. The predicted molar refractivity (Wildman–Crippen MR) is 128 cm³/mol. The van der Waals surface area contributed by atoms with Crippen molar-refractivity contribution in [2.24, 2.45) is 5.92 Å². The fraction of sp³-hybridized carbons (Fsp3) is 0.357. The maximum absolute atomic E-state index is 10.4. The van der Waals surface area contributed by atoms with Crippen LogP contribution in [0.2, 0.25) is 0 Å². The van der Waals surface area contributed by atoms with E-state index in [0.29, 0.717) is 0 Å². The summed E-state index contributed by atoms with van der Waals surface area (Å²) in [5.41, 5.74) is 5.77. The Morgan fingerprint density at radius 1 is 0.909 bits per heavy atom. The molecule has 172 valence electrons. The second kappa shape index (κ2) is 9.05. The summed E-state index contributed by atoms with van der Waals surface area (Å²) in [6.07, 6.45) is 5.64. The number of rotatable bonds is 3. The largest absolute Gasteiger partial charge is 0.744 e. The lowest BCUT2D eigenvalue weighted by Crippen LogP contribution is -3.17. The molecule has 0 spiro atoms. The van der Waals surface area contributed by atoms with Crippen LogP contribution in [0.25, 0.3) is 0 Å². The topological polar surface area (TPSA) is 61.6 Å². The molecule has 2 aliphatic heterocycles. The van der Waals surface area contributed by atoms with Gasteiger partial charge in [-0.25, -0.2) is 8.42 Å². The number of piperidine rings is 1. The zero-order valence-corrected chi connectivity index (χ0v) is 19.8. The van der Waals surface area contributed by atoms with Gasteiger partial charge >= 0.3 is 0 Å². The van der Waals surface area contributed by atoms with E-state index in [4.69, 9.17) is 0 Å². The van der Waals surface area contributed by atoms with Crippen LogP contribution in [-0.2, 0) is 23.1 Å². The van der Waals surface area contributed by atoms with Crippen molar-refractivity contribution in [1.29, 1.82) is 0 Å². The van der Waals surface area contributed by atoms with Crippen LogP contribution in [0, 0.1) is 12.8 Å². The van der Waals surface area contributed by atoms with Crippen molar-refractivity contribution in [3.8, 4) is 0 Å². The van der Waals surface area contributed by atoms with Crippen LogP contribution >= 0.6 is 0 Å². The van der Waals surface area contributed by atoms with Crippen molar-refractivity contribution in [3.63, 3.8) is 0 Å². The highest BCUT2D eigenvalue weighted by molar-refractivity contribution is 7.85. The van der Waals surface area contributed by atoms with Gasteiger partial charge in [-0.1, -0.05) is 72.3 Å². The summed E-state index contributed by atoms with van der Waals surface area (Å²) in [4.78, 5) is 1.71. The Balaban J connectivity index is 0.000000177. The lowest BCUT2D eigenvalue weighted by atomic mass is 9.80.